The Morgan fingerprint density at radius 3 is 2.39 bits per heavy atom. The maximum absolute atomic E-state index is 11.8. The molecule has 0 fully saturated rings. The molecular weight excluding hydrogens is 507 g/mol. The predicted molar refractivity (Wildman–Crippen MR) is 128 cm³/mol. The highest BCUT2D eigenvalue weighted by Crippen LogP contribution is 2.16. The van der Waals surface area contributed by atoms with Crippen LogP contribution in [-0.4, -0.2) is 34.0 Å². The molecule has 1 unspecified atom stereocenters. The summed E-state index contributed by atoms with van der Waals surface area (Å²) >= 11 is 1.82. The number of thiophene rings is 1. The molecule has 2 aromatic rings. The topological polar surface area (TPSA) is 82.6 Å². The zero-order valence-electron chi connectivity index (χ0n) is 16.7. The van der Waals surface area contributed by atoms with E-state index in [0.29, 0.717) is 6.54 Å². The van der Waals surface area contributed by atoms with E-state index in [0.717, 1.165) is 24.5 Å². The number of nitrogens with one attached hydrogen (secondary N) is 3. The summed E-state index contributed by atoms with van der Waals surface area (Å²) in [6, 6.07) is 11.3. The van der Waals surface area contributed by atoms with Crippen LogP contribution in [-0.2, 0) is 23.0 Å². The van der Waals surface area contributed by atoms with Crippen LogP contribution in [0.2, 0.25) is 0 Å². The number of halogens is 1. The van der Waals surface area contributed by atoms with Gasteiger partial charge in [-0.2, -0.15) is 0 Å². The number of benzene rings is 1. The summed E-state index contributed by atoms with van der Waals surface area (Å²) in [5, 5.41) is 6.69. The molecule has 0 radical (unpaired) electrons. The molecule has 0 spiro atoms. The molecule has 28 heavy (non-hydrogen) atoms. The Hall–Kier alpha value is -1.17. The van der Waals surface area contributed by atoms with Gasteiger partial charge in [0.25, 0.3) is 0 Å². The van der Waals surface area contributed by atoms with Crippen molar-refractivity contribution in [1.29, 1.82) is 0 Å². The molecule has 1 atom stereocenters. The van der Waals surface area contributed by atoms with Gasteiger partial charge in [-0.1, -0.05) is 12.1 Å². The lowest BCUT2D eigenvalue weighted by Gasteiger charge is -2.17. The van der Waals surface area contributed by atoms with E-state index in [-0.39, 0.29) is 34.9 Å². The summed E-state index contributed by atoms with van der Waals surface area (Å²) in [6.45, 7) is 7.53. The Balaban J connectivity index is 0.00000392. The van der Waals surface area contributed by atoms with Gasteiger partial charge in [-0.05, 0) is 57.6 Å². The van der Waals surface area contributed by atoms with E-state index in [2.05, 4.69) is 46.3 Å². The first-order valence-electron chi connectivity index (χ1n) is 8.96. The van der Waals surface area contributed by atoms with Gasteiger partial charge >= 0.3 is 0 Å². The van der Waals surface area contributed by atoms with Crippen LogP contribution in [0.3, 0.4) is 0 Å². The Morgan fingerprint density at radius 1 is 1.18 bits per heavy atom. The number of rotatable bonds is 8. The first-order valence-corrected chi connectivity index (χ1v) is 11.3. The molecule has 3 N–H and O–H groups in total. The van der Waals surface area contributed by atoms with Gasteiger partial charge in [0.1, 0.15) is 0 Å². The van der Waals surface area contributed by atoms with Crippen molar-refractivity contribution in [3.05, 3.63) is 51.7 Å². The maximum Gasteiger partial charge on any atom is 0.240 e. The van der Waals surface area contributed by atoms with Gasteiger partial charge in [-0.15, -0.1) is 35.3 Å². The third kappa shape index (κ3) is 7.69. The molecule has 2 rings (SSSR count). The van der Waals surface area contributed by atoms with Crippen molar-refractivity contribution in [3.63, 3.8) is 0 Å². The standard InChI is InChI=1S/C19H28N4O2S2.HI/c1-5-21-19(23-14(2)12-17-9-6-15(3)26-17)22-13-16-7-10-18(11-8-16)27(24,25)20-4;/h6-11,14,20H,5,12-13H2,1-4H3,(H2,21,22,23);1H. The SMILES string of the molecule is CCNC(=NCc1ccc(S(=O)(=O)NC)cc1)NC(C)Cc1ccc(C)s1.I. The lowest BCUT2D eigenvalue weighted by Crippen LogP contribution is -2.43. The monoisotopic (exact) mass is 536 g/mol. The molecule has 6 nitrogen and oxygen atoms in total. The molecule has 1 heterocycles. The van der Waals surface area contributed by atoms with E-state index >= 15 is 0 Å². The smallest absolute Gasteiger partial charge is 0.240 e. The Bertz CT molecular complexity index is 864. The quantitative estimate of drug-likeness (QED) is 0.275. The minimum absolute atomic E-state index is 0. The third-order valence-electron chi connectivity index (χ3n) is 3.95. The van der Waals surface area contributed by atoms with Crippen molar-refractivity contribution in [1.82, 2.24) is 15.4 Å². The van der Waals surface area contributed by atoms with Crippen molar-refractivity contribution in [2.24, 2.45) is 4.99 Å². The van der Waals surface area contributed by atoms with E-state index < -0.39 is 10.0 Å². The van der Waals surface area contributed by atoms with E-state index in [1.807, 2.05) is 18.3 Å². The van der Waals surface area contributed by atoms with Crippen molar-refractivity contribution in [2.45, 2.75) is 44.7 Å². The highest BCUT2D eigenvalue weighted by Gasteiger charge is 2.11. The van der Waals surface area contributed by atoms with Crippen LogP contribution in [0.1, 0.15) is 29.2 Å². The van der Waals surface area contributed by atoms with E-state index in [4.69, 9.17) is 0 Å². The van der Waals surface area contributed by atoms with E-state index in [1.165, 1.54) is 16.8 Å². The summed E-state index contributed by atoms with van der Waals surface area (Å²) in [6.07, 6.45) is 0.944. The summed E-state index contributed by atoms with van der Waals surface area (Å²) in [7, 11) is -2.00. The van der Waals surface area contributed by atoms with Crippen LogP contribution in [0.15, 0.2) is 46.3 Å². The number of nitrogens with zero attached hydrogens (tertiary/aromatic N) is 1. The van der Waals surface area contributed by atoms with Gasteiger partial charge in [-0.25, -0.2) is 18.1 Å². The molecule has 9 heteroatoms. The second kappa shape index (κ2) is 11.7. The fourth-order valence-corrected chi connectivity index (χ4v) is 4.31. The summed E-state index contributed by atoms with van der Waals surface area (Å²) in [4.78, 5) is 7.54. The second-order valence-electron chi connectivity index (χ2n) is 6.31. The number of aliphatic imine (C=N–C) groups is 1. The van der Waals surface area contributed by atoms with Crippen LogP contribution in [0.25, 0.3) is 0 Å². The van der Waals surface area contributed by atoms with E-state index in [9.17, 15) is 8.42 Å². The van der Waals surface area contributed by atoms with Crippen molar-refractivity contribution < 1.29 is 8.42 Å². The second-order valence-corrected chi connectivity index (χ2v) is 9.57. The minimum atomic E-state index is -3.41. The Morgan fingerprint density at radius 2 is 1.86 bits per heavy atom. The van der Waals surface area contributed by atoms with E-state index in [1.54, 1.807) is 24.3 Å². The van der Waals surface area contributed by atoms with Gasteiger partial charge in [0, 0.05) is 28.8 Å². The fraction of sp³-hybridized carbons (Fsp3) is 0.421. The van der Waals surface area contributed by atoms with Gasteiger partial charge in [0.15, 0.2) is 5.96 Å². The predicted octanol–water partition coefficient (Wildman–Crippen LogP) is 3.27. The van der Waals surface area contributed by atoms with Crippen molar-refractivity contribution in [2.75, 3.05) is 13.6 Å². The van der Waals surface area contributed by atoms with Crippen LogP contribution < -0.4 is 15.4 Å². The molecular formula is C19H29IN4O2S2. The molecule has 0 aliphatic carbocycles. The highest BCUT2D eigenvalue weighted by molar-refractivity contribution is 14.0. The summed E-state index contributed by atoms with van der Waals surface area (Å²) in [5.41, 5.74) is 0.948. The van der Waals surface area contributed by atoms with Gasteiger partial charge in [-0.3, -0.25) is 0 Å². The molecule has 1 aromatic heterocycles. The van der Waals surface area contributed by atoms with Crippen molar-refractivity contribution in [3.8, 4) is 0 Å². The number of hydrogen-bond acceptors (Lipinski definition) is 4. The average Bonchev–Trinajstić information content (AvgIpc) is 3.04. The van der Waals surface area contributed by atoms with Gasteiger partial charge in [0.05, 0.1) is 11.4 Å². The number of hydrogen-bond donors (Lipinski definition) is 3. The molecule has 0 saturated carbocycles. The molecule has 156 valence electrons. The van der Waals surface area contributed by atoms with Crippen molar-refractivity contribution >= 4 is 51.3 Å². The largest absolute Gasteiger partial charge is 0.357 e. The Labute approximate surface area is 189 Å². The molecule has 0 aliphatic heterocycles. The highest BCUT2D eigenvalue weighted by atomic mass is 127. The number of sulfonamides is 1. The summed E-state index contributed by atoms with van der Waals surface area (Å²) in [5.74, 6) is 0.755. The van der Waals surface area contributed by atoms with Crippen LogP contribution in [0.5, 0.6) is 0 Å². The van der Waals surface area contributed by atoms with Crippen LogP contribution in [0.4, 0.5) is 0 Å². The average molecular weight is 537 g/mol. The third-order valence-corrected chi connectivity index (χ3v) is 6.41. The normalized spacial score (nSPS) is 12.9. The first-order chi connectivity index (χ1) is 12.8. The molecule has 0 aliphatic rings. The number of guanidine groups is 1. The zero-order chi connectivity index (χ0) is 19.9. The lowest BCUT2D eigenvalue weighted by molar-refractivity contribution is 0.588. The maximum atomic E-state index is 11.8. The van der Waals surface area contributed by atoms with Gasteiger partial charge < -0.3 is 10.6 Å². The lowest BCUT2D eigenvalue weighted by atomic mass is 10.2. The first kappa shape index (κ1) is 24.9. The minimum Gasteiger partial charge on any atom is -0.357 e. The summed E-state index contributed by atoms with van der Waals surface area (Å²) < 4.78 is 25.9. The van der Waals surface area contributed by atoms with Gasteiger partial charge in [0.2, 0.25) is 10.0 Å². The molecule has 1 aromatic carbocycles. The van der Waals surface area contributed by atoms with Crippen LogP contribution >= 0.6 is 35.3 Å². The van der Waals surface area contributed by atoms with Crippen LogP contribution in [0, 0.1) is 6.92 Å². The Kier molecular flexibility index (Phi) is 10.4. The molecule has 0 bridgehead atoms. The molecule has 0 saturated heterocycles. The zero-order valence-corrected chi connectivity index (χ0v) is 20.6. The number of aryl methyl sites for hydroxylation is 1. The fourth-order valence-electron chi connectivity index (χ4n) is 2.56. The molecule has 0 amide bonds.